The zero-order valence-electron chi connectivity index (χ0n) is 23.3. The summed E-state index contributed by atoms with van der Waals surface area (Å²) in [7, 11) is -1.90. The van der Waals surface area contributed by atoms with Crippen LogP contribution >= 0.6 is 0 Å². The van der Waals surface area contributed by atoms with Crippen LogP contribution in [0.3, 0.4) is 0 Å². The third-order valence-corrected chi connectivity index (χ3v) is 16.8. The quantitative estimate of drug-likeness (QED) is 0.342. The van der Waals surface area contributed by atoms with Gasteiger partial charge in [0.1, 0.15) is 0 Å². The number of hydrogen-bond donors (Lipinski definition) is 0. The van der Waals surface area contributed by atoms with Gasteiger partial charge < -0.3 is 23.4 Å². The Morgan fingerprint density at radius 2 is 1.41 bits per heavy atom. The molecule has 4 atom stereocenters. The fourth-order valence-corrected chi connectivity index (χ4v) is 14.6. The molecule has 0 radical (unpaired) electrons. The molecule has 5 nitrogen and oxygen atoms in total. The van der Waals surface area contributed by atoms with E-state index >= 15 is 0 Å². The fraction of sp³-hybridized carbons (Fsp3) is 1.00. The summed E-state index contributed by atoms with van der Waals surface area (Å²) < 4.78 is 32.3. The molecule has 2 aliphatic heterocycles. The van der Waals surface area contributed by atoms with E-state index in [4.69, 9.17) is 23.4 Å². The van der Waals surface area contributed by atoms with Crippen molar-refractivity contribution >= 4 is 8.32 Å². The molecule has 4 aliphatic rings. The van der Waals surface area contributed by atoms with Gasteiger partial charge in [-0.25, -0.2) is 0 Å². The molecular formula is C28H52O5Si. The lowest BCUT2D eigenvalue weighted by Crippen LogP contribution is -2.63. The molecule has 34 heavy (non-hydrogen) atoms. The highest BCUT2D eigenvalue weighted by Crippen LogP contribution is 2.66. The van der Waals surface area contributed by atoms with Crippen LogP contribution in [0, 0.1) is 22.7 Å². The topological polar surface area (TPSA) is 46.2 Å². The minimum atomic E-state index is -1.90. The third-order valence-electron chi connectivity index (χ3n) is 10.7. The van der Waals surface area contributed by atoms with Crippen molar-refractivity contribution in [3.05, 3.63) is 0 Å². The second-order valence-corrected chi connectivity index (χ2v) is 18.4. The lowest BCUT2D eigenvalue weighted by atomic mass is 9.45. The number of hydrogen-bond acceptors (Lipinski definition) is 5. The molecule has 1 spiro atoms. The molecule has 4 fully saturated rings. The number of rotatable bonds is 8. The summed E-state index contributed by atoms with van der Waals surface area (Å²) in [5.74, 6) is 0.490. The van der Waals surface area contributed by atoms with Crippen LogP contribution in [0.25, 0.3) is 0 Å². The van der Waals surface area contributed by atoms with Crippen molar-refractivity contribution in [2.45, 2.75) is 123 Å². The van der Waals surface area contributed by atoms with Crippen LogP contribution in [0.15, 0.2) is 0 Å². The lowest BCUT2D eigenvalue weighted by Gasteiger charge is -2.63. The lowest BCUT2D eigenvalue weighted by molar-refractivity contribution is -0.308. The van der Waals surface area contributed by atoms with E-state index in [1.807, 2.05) is 0 Å². The summed E-state index contributed by atoms with van der Waals surface area (Å²) in [4.78, 5) is 0. The molecule has 6 heteroatoms. The summed E-state index contributed by atoms with van der Waals surface area (Å²) in [6, 6.07) is 0. The molecule has 0 aromatic heterocycles. The first kappa shape index (κ1) is 27.1. The van der Waals surface area contributed by atoms with Crippen molar-refractivity contribution < 1.29 is 23.4 Å². The summed E-state index contributed by atoms with van der Waals surface area (Å²) >= 11 is 0. The van der Waals surface area contributed by atoms with Gasteiger partial charge in [-0.05, 0) is 60.1 Å². The van der Waals surface area contributed by atoms with Crippen molar-refractivity contribution in [3.8, 4) is 0 Å². The van der Waals surface area contributed by atoms with Crippen LogP contribution in [-0.2, 0) is 23.4 Å². The maximum Gasteiger partial charge on any atom is 0.200 e. The number of ether oxygens (including phenoxy) is 4. The minimum Gasteiger partial charge on any atom is -0.416 e. The van der Waals surface area contributed by atoms with E-state index in [2.05, 4.69) is 55.4 Å². The van der Waals surface area contributed by atoms with Gasteiger partial charge >= 0.3 is 0 Å². The van der Waals surface area contributed by atoms with E-state index in [9.17, 15) is 0 Å². The zero-order chi connectivity index (χ0) is 24.8. The van der Waals surface area contributed by atoms with Gasteiger partial charge in [0.2, 0.25) is 0 Å². The standard InChI is InChI=1S/C28H52O5Si/c1-20(2)34(21(3)4,22(5)6)33-15-14-26(7)23(25-29-16-17-30-25)11-13-27(8)24(26)10-9-12-28(27)31-18-19-32-28/h20-25H,9-19H2,1-8H3/t23-,24+,26-,27+/m0/s1. The molecule has 2 saturated carbocycles. The fourth-order valence-electron chi connectivity index (χ4n) is 9.17. The molecule has 2 saturated heterocycles. The first-order valence-corrected chi connectivity index (χ1v) is 16.3. The highest BCUT2D eigenvalue weighted by Gasteiger charge is 2.66. The minimum absolute atomic E-state index is 0.0221. The Labute approximate surface area is 210 Å². The van der Waals surface area contributed by atoms with Crippen LogP contribution in [-0.4, -0.2) is 53.4 Å². The van der Waals surface area contributed by atoms with Crippen LogP contribution in [0.2, 0.25) is 16.6 Å². The van der Waals surface area contributed by atoms with Gasteiger partial charge in [0.25, 0.3) is 0 Å². The summed E-state index contributed by atoms with van der Waals surface area (Å²) in [6.07, 6.45) is 6.61. The number of fused-ring (bicyclic) bond motifs is 2. The molecule has 0 amide bonds. The van der Waals surface area contributed by atoms with E-state index in [-0.39, 0.29) is 17.1 Å². The van der Waals surface area contributed by atoms with Gasteiger partial charge in [-0.2, -0.15) is 0 Å². The SMILES string of the molecule is CC(C)[Si](OCC[C@]1(C)[C@H]2CCCC3(OCCO3)[C@]2(C)CC[C@H]1C1OCCO1)(C(C)C)C(C)C. The Bertz CT molecular complexity index is 663. The molecule has 0 aromatic carbocycles. The Hall–Kier alpha value is 0.0169. The van der Waals surface area contributed by atoms with Crippen LogP contribution < -0.4 is 0 Å². The molecular weight excluding hydrogens is 444 g/mol. The highest BCUT2D eigenvalue weighted by atomic mass is 28.4. The van der Waals surface area contributed by atoms with Gasteiger partial charge in [-0.1, -0.05) is 55.4 Å². The second-order valence-electron chi connectivity index (χ2n) is 13.0. The molecule has 0 bridgehead atoms. The average Bonchev–Trinajstić information content (AvgIpc) is 3.45. The normalized spacial score (nSPS) is 36.8. The van der Waals surface area contributed by atoms with Crippen LogP contribution in [0.1, 0.15) is 93.9 Å². The van der Waals surface area contributed by atoms with Gasteiger partial charge in [-0.15, -0.1) is 0 Å². The summed E-state index contributed by atoms with van der Waals surface area (Å²) in [5.41, 5.74) is 1.90. The maximum atomic E-state index is 7.12. The van der Waals surface area contributed by atoms with Crippen molar-refractivity contribution in [1.82, 2.24) is 0 Å². The molecule has 2 aliphatic carbocycles. The molecule has 4 rings (SSSR count). The van der Waals surface area contributed by atoms with Crippen molar-refractivity contribution in [2.75, 3.05) is 33.0 Å². The highest BCUT2D eigenvalue weighted by molar-refractivity contribution is 6.77. The van der Waals surface area contributed by atoms with E-state index in [0.29, 0.717) is 28.5 Å². The Balaban J connectivity index is 1.63. The van der Waals surface area contributed by atoms with Crippen molar-refractivity contribution in [2.24, 2.45) is 22.7 Å². The molecule has 0 aromatic rings. The first-order chi connectivity index (χ1) is 16.0. The zero-order valence-corrected chi connectivity index (χ0v) is 24.3. The van der Waals surface area contributed by atoms with Crippen LogP contribution in [0.4, 0.5) is 0 Å². The first-order valence-electron chi connectivity index (χ1n) is 14.2. The Morgan fingerprint density at radius 3 is 1.97 bits per heavy atom. The third kappa shape index (κ3) is 4.16. The smallest absolute Gasteiger partial charge is 0.200 e. The molecule has 0 unspecified atom stereocenters. The van der Waals surface area contributed by atoms with E-state index in [0.717, 1.165) is 58.7 Å². The van der Waals surface area contributed by atoms with E-state index < -0.39 is 14.1 Å². The van der Waals surface area contributed by atoms with Gasteiger partial charge in [0, 0.05) is 24.4 Å². The van der Waals surface area contributed by atoms with Crippen molar-refractivity contribution in [1.29, 1.82) is 0 Å². The van der Waals surface area contributed by atoms with Crippen LogP contribution in [0.5, 0.6) is 0 Å². The maximum absolute atomic E-state index is 7.12. The van der Waals surface area contributed by atoms with Crippen molar-refractivity contribution in [3.63, 3.8) is 0 Å². The predicted octanol–water partition coefficient (Wildman–Crippen LogP) is 6.91. The molecule has 198 valence electrons. The second kappa shape index (κ2) is 10.1. The average molecular weight is 497 g/mol. The van der Waals surface area contributed by atoms with Gasteiger partial charge in [0.05, 0.1) is 26.4 Å². The largest absolute Gasteiger partial charge is 0.416 e. The van der Waals surface area contributed by atoms with Gasteiger partial charge in [0.15, 0.2) is 20.4 Å². The Kier molecular flexibility index (Phi) is 8.00. The van der Waals surface area contributed by atoms with Gasteiger partial charge in [-0.3, -0.25) is 0 Å². The summed E-state index contributed by atoms with van der Waals surface area (Å²) in [5, 5.41) is 0. The van der Waals surface area contributed by atoms with E-state index in [1.54, 1.807) is 0 Å². The predicted molar refractivity (Wildman–Crippen MR) is 138 cm³/mol. The Morgan fingerprint density at radius 1 is 0.824 bits per heavy atom. The van der Waals surface area contributed by atoms with E-state index in [1.165, 1.54) is 12.8 Å². The monoisotopic (exact) mass is 496 g/mol. The molecule has 0 N–H and O–H groups in total. The summed E-state index contributed by atoms with van der Waals surface area (Å²) in [6.45, 7) is 23.0. The molecule has 2 heterocycles.